The van der Waals surface area contributed by atoms with Gasteiger partial charge in [0.05, 0.1) is 6.54 Å². The predicted octanol–water partition coefficient (Wildman–Crippen LogP) is 2.21. The van der Waals surface area contributed by atoms with Crippen LogP contribution in [-0.2, 0) is 6.54 Å². The average molecular weight is 435 g/mol. The first-order valence-electron chi connectivity index (χ1n) is 11.8. The molecule has 0 N–H and O–H groups in total. The van der Waals surface area contributed by atoms with Crippen molar-refractivity contribution in [2.45, 2.75) is 27.3 Å². The fourth-order valence-corrected chi connectivity index (χ4v) is 4.71. The number of hydrogen-bond donors (Lipinski definition) is 0. The lowest BCUT2D eigenvalue weighted by atomic mass is 10.2. The SMILES string of the molecule is CCN1CCN(c2cc(C)nc3nc(CN4CCN(c5ccc(C)cc5)CC4)nn23)CC1. The third kappa shape index (κ3) is 4.42. The second kappa shape index (κ2) is 9.03. The summed E-state index contributed by atoms with van der Waals surface area (Å²) >= 11 is 0. The lowest BCUT2D eigenvalue weighted by Crippen LogP contribution is -2.46. The molecule has 0 aliphatic carbocycles. The van der Waals surface area contributed by atoms with E-state index in [-0.39, 0.29) is 0 Å². The summed E-state index contributed by atoms with van der Waals surface area (Å²) in [6.07, 6.45) is 0. The van der Waals surface area contributed by atoms with Crippen LogP contribution in [0.1, 0.15) is 24.0 Å². The van der Waals surface area contributed by atoms with Gasteiger partial charge in [0.15, 0.2) is 5.82 Å². The van der Waals surface area contributed by atoms with Crippen LogP contribution in [0.5, 0.6) is 0 Å². The van der Waals surface area contributed by atoms with Crippen molar-refractivity contribution in [3.63, 3.8) is 0 Å². The summed E-state index contributed by atoms with van der Waals surface area (Å²) in [5.41, 5.74) is 3.62. The summed E-state index contributed by atoms with van der Waals surface area (Å²) in [6, 6.07) is 11.0. The first kappa shape index (κ1) is 21.2. The maximum absolute atomic E-state index is 4.88. The summed E-state index contributed by atoms with van der Waals surface area (Å²) < 4.78 is 1.95. The van der Waals surface area contributed by atoms with Gasteiger partial charge in [-0.15, -0.1) is 5.10 Å². The van der Waals surface area contributed by atoms with Crippen molar-refractivity contribution < 1.29 is 0 Å². The zero-order valence-electron chi connectivity index (χ0n) is 19.5. The van der Waals surface area contributed by atoms with Gasteiger partial charge in [-0.25, -0.2) is 4.98 Å². The molecule has 0 spiro atoms. The molecule has 0 atom stereocenters. The van der Waals surface area contributed by atoms with Crippen molar-refractivity contribution in [1.82, 2.24) is 29.4 Å². The molecule has 32 heavy (non-hydrogen) atoms. The fraction of sp³-hybridized carbons (Fsp3) is 0.542. The van der Waals surface area contributed by atoms with E-state index in [2.05, 4.69) is 68.8 Å². The lowest BCUT2D eigenvalue weighted by Gasteiger charge is -2.35. The molecule has 3 aromatic rings. The molecule has 170 valence electrons. The molecule has 2 aliphatic rings. The quantitative estimate of drug-likeness (QED) is 0.610. The Hall–Kier alpha value is -2.71. The van der Waals surface area contributed by atoms with Crippen LogP contribution < -0.4 is 9.80 Å². The number of fused-ring (bicyclic) bond motifs is 1. The molecule has 0 bridgehead atoms. The Bertz CT molecular complexity index is 1040. The Labute approximate surface area is 190 Å². The van der Waals surface area contributed by atoms with Crippen LogP contribution in [0.25, 0.3) is 5.78 Å². The number of benzene rings is 1. The first-order valence-corrected chi connectivity index (χ1v) is 11.8. The van der Waals surface area contributed by atoms with Crippen LogP contribution in [0, 0.1) is 13.8 Å². The smallest absolute Gasteiger partial charge is 0.254 e. The van der Waals surface area contributed by atoms with E-state index >= 15 is 0 Å². The first-order chi connectivity index (χ1) is 15.6. The summed E-state index contributed by atoms with van der Waals surface area (Å²) in [5.74, 6) is 2.69. The average Bonchev–Trinajstić information content (AvgIpc) is 3.21. The molecule has 5 rings (SSSR count). The number of hydrogen-bond acceptors (Lipinski definition) is 7. The van der Waals surface area contributed by atoms with Crippen LogP contribution in [0.4, 0.5) is 11.5 Å². The maximum atomic E-state index is 4.88. The predicted molar refractivity (Wildman–Crippen MR) is 129 cm³/mol. The van der Waals surface area contributed by atoms with E-state index in [4.69, 9.17) is 10.1 Å². The molecule has 1 aromatic carbocycles. The van der Waals surface area contributed by atoms with E-state index in [0.29, 0.717) is 5.78 Å². The minimum absolute atomic E-state index is 0.714. The highest BCUT2D eigenvalue weighted by Gasteiger charge is 2.22. The molecule has 0 radical (unpaired) electrons. The van der Waals surface area contributed by atoms with Gasteiger partial charge < -0.3 is 14.7 Å². The zero-order chi connectivity index (χ0) is 22.1. The second-order valence-corrected chi connectivity index (χ2v) is 9.02. The third-order valence-corrected chi connectivity index (χ3v) is 6.75. The van der Waals surface area contributed by atoms with Gasteiger partial charge in [0, 0.05) is 69.8 Å². The van der Waals surface area contributed by atoms with Crippen LogP contribution in [0.2, 0.25) is 0 Å². The van der Waals surface area contributed by atoms with Gasteiger partial charge in [0.1, 0.15) is 5.82 Å². The van der Waals surface area contributed by atoms with Gasteiger partial charge in [-0.3, -0.25) is 4.90 Å². The number of anilines is 2. The molecule has 2 aromatic heterocycles. The van der Waals surface area contributed by atoms with Crippen molar-refractivity contribution in [2.75, 3.05) is 68.7 Å². The molecule has 8 nitrogen and oxygen atoms in total. The monoisotopic (exact) mass is 434 g/mol. The number of aromatic nitrogens is 4. The van der Waals surface area contributed by atoms with E-state index in [1.165, 1.54) is 11.3 Å². The number of piperazine rings is 2. The molecule has 4 heterocycles. The Morgan fingerprint density at radius 1 is 0.781 bits per heavy atom. The molecule has 0 amide bonds. The Balaban J connectivity index is 1.27. The molecular weight excluding hydrogens is 400 g/mol. The summed E-state index contributed by atoms with van der Waals surface area (Å²) in [7, 11) is 0. The summed E-state index contributed by atoms with van der Waals surface area (Å²) in [4.78, 5) is 19.3. The normalized spacial score (nSPS) is 18.6. The summed E-state index contributed by atoms with van der Waals surface area (Å²) in [6.45, 7) is 16.6. The topological polar surface area (TPSA) is 56.0 Å². The number of likely N-dealkylation sites (N-methyl/N-ethyl adjacent to an activating group) is 1. The van der Waals surface area contributed by atoms with Crippen LogP contribution in [0.3, 0.4) is 0 Å². The lowest BCUT2D eigenvalue weighted by molar-refractivity contribution is 0.244. The van der Waals surface area contributed by atoms with Crippen molar-refractivity contribution in [3.8, 4) is 0 Å². The highest BCUT2D eigenvalue weighted by molar-refractivity contribution is 5.49. The third-order valence-electron chi connectivity index (χ3n) is 6.75. The van der Waals surface area contributed by atoms with Gasteiger partial charge >= 0.3 is 0 Å². The van der Waals surface area contributed by atoms with E-state index in [1.54, 1.807) is 0 Å². The Morgan fingerprint density at radius 3 is 2.12 bits per heavy atom. The van der Waals surface area contributed by atoms with E-state index in [0.717, 1.165) is 82.8 Å². The molecule has 2 fully saturated rings. The van der Waals surface area contributed by atoms with Gasteiger partial charge in [0.2, 0.25) is 0 Å². The minimum Gasteiger partial charge on any atom is -0.369 e. The molecule has 0 unspecified atom stereocenters. The van der Waals surface area contributed by atoms with Crippen molar-refractivity contribution in [1.29, 1.82) is 0 Å². The molecule has 8 heteroatoms. The van der Waals surface area contributed by atoms with Crippen LogP contribution in [0.15, 0.2) is 30.3 Å². The van der Waals surface area contributed by atoms with E-state index in [1.807, 2.05) is 11.4 Å². The molecule has 2 aliphatic heterocycles. The fourth-order valence-electron chi connectivity index (χ4n) is 4.71. The minimum atomic E-state index is 0.714. The number of nitrogens with zero attached hydrogens (tertiary/aromatic N) is 8. The largest absolute Gasteiger partial charge is 0.369 e. The molecule has 0 saturated carbocycles. The number of rotatable bonds is 5. The van der Waals surface area contributed by atoms with Gasteiger partial charge in [-0.05, 0) is 32.5 Å². The highest BCUT2D eigenvalue weighted by atomic mass is 15.4. The summed E-state index contributed by atoms with van der Waals surface area (Å²) in [5, 5.41) is 4.88. The molecule has 2 saturated heterocycles. The Kier molecular flexibility index (Phi) is 5.97. The molecular formula is C24H34N8. The maximum Gasteiger partial charge on any atom is 0.254 e. The van der Waals surface area contributed by atoms with E-state index < -0.39 is 0 Å². The Morgan fingerprint density at radius 2 is 1.44 bits per heavy atom. The van der Waals surface area contributed by atoms with Crippen LogP contribution >= 0.6 is 0 Å². The highest BCUT2D eigenvalue weighted by Crippen LogP contribution is 2.20. The van der Waals surface area contributed by atoms with Gasteiger partial charge in [-0.1, -0.05) is 24.6 Å². The standard InChI is InChI=1S/C24H34N8/c1-4-28-9-15-31(16-10-28)23-17-20(3)25-24-26-22(27-32(23)24)18-29-11-13-30(14-12-29)21-7-5-19(2)6-8-21/h5-8,17H,4,9-16,18H2,1-3H3. The zero-order valence-corrected chi connectivity index (χ0v) is 19.5. The number of aryl methyl sites for hydroxylation is 2. The van der Waals surface area contributed by atoms with Gasteiger partial charge in [0.25, 0.3) is 5.78 Å². The van der Waals surface area contributed by atoms with Crippen molar-refractivity contribution >= 4 is 17.3 Å². The van der Waals surface area contributed by atoms with Crippen molar-refractivity contribution in [3.05, 3.63) is 47.4 Å². The van der Waals surface area contributed by atoms with E-state index in [9.17, 15) is 0 Å². The second-order valence-electron chi connectivity index (χ2n) is 9.02. The van der Waals surface area contributed by atoms with Crippen LogP contribution in [-0.4, -0.2) is 88.3 Å². The van der Waals surface area contributed by atoms with Gasteiger partial charge in [-0.2, -0.15) is 9.50 Å². The van der Waals surface area contributed by atoms with Crippen molar-refractivity contribution in [2.24, 2.45) is 0 Å².